The van der Waals surface area contributed by atoms with Gasteiger partial charge in [0.15, 0.2) is 0 Å². The van der Waals surface area contributed by atoms with Gasteiger partial charge >= 0.3 is 0 Å². The monoisotopic (exact) mass is 352 g/mol. The van der Waals surface area contributed by atoms with E-state index in [-0.39, 0.29) is 28.4 Å². The maximum Gasteiger partial charge on any atom is 0.242 e. The third kappa shape index (κ3) is 4.57. The fourth-order valence-electron chi connectivity index (χ4n) is 2.78. The Morgan fingerprint density at radius 3 is 2.57 bits per heavy atom. The third-order valence-corrected chi connectivity index (χ3v) is 5.88. The average Bonchev–Trinajstić information content (AvgIpc) is 2.92. The molecule has 1 atom stereocenters. The number of benzene rings is 1. The Labute approximate surface area is 137 Å². The highest BCUT2D eigenvalue weighted by Gasteiger charge is 2.29. The Kier molecular flexibility index (Phi) is 6.94. The highest BCUT2D eigenvalue weighted by molar-refractivity contribution is 7.89. The van der Waals surface area contributed by atoms with Crippen molar-refractivity contribution in [2.24, 2.45) is 11.7 Å². The Balaban J connectivity index is 0.00000220. The molecule has 1 aromatic rings. The van der Waals surface area contributed by atoms with Crippen LogP contribution in [0.25, 0.3) is 0 Å². The second-order valence-corrected chi connectivity index (χ2v) is 7.53. The molecule has 1 aromatic carbocycles. The van der Waals surface area contributed by atoms with E-state index in [1.807, 2.05) is 6.92 Å². The van der Waals surface area contributed by atoms with Gasteiger partial charge in [0.25, 0.3) is 0 Å². The van der Waals surface area contributed by atoms with Gasteiger partial charge in [-0.05, 0) is 43.4 Å². The summed E-state index contributed by atoms with van der Waals surface area (Å²) in [6.45, 7) is 2.15. The Morgan fingerprint density at radius 2 is 2.00 bits per heavy atom. The molecule has 1 fully saturated rings. The number of aryl methyl sites for hydroxylation is 1. The lowest BCUT2D eigenvalue weighted by Crippen LogP contribution is -2.44. The van der Waals surface area contributed by atoms with Gasteiger partial charge in [0, 0.05) is 12.6 Å². The van der Waals surface area contributed by atoms with Crippen molar-refractivity contribution in [2.45, 2.75) is 43.5 Å². The number of rotatable bonds is 5. The van der Waals surface area contributed by atoms with Crippen LogP contribution >= 0.6 is 24.0 Å². The fourth-order valence-corrected chi connectivity index (χ4v) is 4.68. The minimum Gasteiger partial charge on any atom is -0.329 e. The molecule has 0 radical (unpaired) electrons. The van der Waals surface area contributed by atoms with E-state index < -0.39 is 10.0 Å². The molecular weight excluding hydrogens is 331 g/mol. The van der Waals surface area contributed by atoms with E-state index in [0.29, 0.717) is 12.5 Å². The molecule has 0 heterocycles. The first-order valence-electron chi connectivity index (χ1n) is 6.92. The predicted octanol–water partition coefficient (Wildman–Crippen LogP) is 2.87. The molecule has 4 nitrogen and oxygen atoms in total. The zero-order chi connectivity index (χ0) is 14.8. The number of sulfonamides is 1. The smallest absolute Gasteiger partial charge is 0.242 e. The van der Waals surface area contributed by atoms with E-state index in [0.717, 1.165) is 31.2 Å². The molecule has 0 aliphatic heterocycles. The molecule has 0 spiro atoms. The molecule has 0 saturated heterocycles. The van der Waals surface area contributed by atoms with Gasteiger partial charge < -0.3 is 5.73 Å². The quantitative estimate of drug-likeness (QED) is 0.855. The second kappa shape index (κ2) is 7.79. The van der Waals surface area contributed by atoms with Crippen LogP contribution in [0.2, 0.25) is 5.02 Å². The van der Waals surface area contributed by atoms with Crippen LogP contribution in [-0.2, 0) is 10.0 Å². The molecule has 2 rings (SSSR count). The standard InChI is InChI=1S/C14H21ClN2O2S.ClH/c1-10-6-7-12(15)14(8-10)20(18,19)17-13(9-16)11-4-2-3-5-11;/h6-8,11,13,17H,2-5,9,16H2,1H3;1H. The predicted molar refractivity (Wildman–Crippen MR) is 88.6 cm³/mol. The zero-order valence-corrected chi connectivity index (χ0v) is 14.4. The van der Waals surface area contributed by atoms with Gasteiger partial charge in [0.1, 0.15) is 4.90 Å². The van der Waals surface area contributed by atoms with Crippen molar-refractivity contribution in [3.63, 3.8) is 0 Å². The van der Waals surface area contributed by atoms with Gasteiger partial charge in [-0.3, -0.25) is 0 Å². The number of hydrogen-bond acceptors (Lipinski definition) is 3. The minimum atomic E-state index is -3.62. The normalized spacial score (nSPS) is 17.5. The van der Waals surface area contributed by atoms with Crippen LogP contribution in [0.3, 0.4) is 0 Å². The zero-order valence-electron chi connectivity index (χ0n) is 12.0. The summed E-state index contributed by atoms with van der Waals surface area (Å²) in [6, 6.07) is 4.78. The largest absolute Gasteiger partial charge is 0.329 e. The minimum absolute atomic E-state index is 0. The summed E-state index contributed by atoms with van der Waals surface area (Å²) in [7, 11) is -3.62. The van der Waals surface area contributed by atoms with Crippen LogP contribution in [-0.4, -0.2) is 21.0 Å². The first-order valence-corrected chi connectivity index (χ1v) is 8.78. The van der Waals surface area contributed by atoms with Crippen LogP contribution in [0, 0.1) is 12.8 Å². The number of halogens is 2. The average molecular weight is 353 g/mol. The molecule has 1 aliphatic carbocycles. The van der Waals surface area contributed by atoms with Crippen molar-refractivity contribution in [2.75, 3.05) is 6.54 Å². The van der Waals surface area contributed by atoms with Crippen LogP contribution in [0.5, 0.6) is 0 Å². The number of nitrogens with two attached hydrogens (primary N) is 1. The molecule has 1 unspecified atom stereocenters. The molecule has 1 aliphatic rings. The molecule has 120 valence electrons. The SMILES string of the molecule is Cc1ccc(Cl)c(S(=O)(=O)NC(CN)C2CCCC2)c1.Cl. The summed E-state index contributed by atoms with van der Waals surface area (Å²) in [5.41, 5.74) is 6.61. The molecule has 0 aromatic heterocycles. The topological polar surface area (TPSA) is 72.2 Å². The van der Waals surface area contributed by atoms with E-state index in [2.05, 4.69) is 4.72 Å². The van der Waals surface area contributed by atoms with Crippen LogP contribution in [0.15, 0.2) is 23.1 Å². The molecule has 0 bridgehead atoms. The summed E-state index contributed by atoms with van der Waals surface area (Å²) in [6.07, 6.45) is 4.36. The third-order valence-electron chi connectivity index (χ3n) is 3.91. The van der Waals surface area contributed by atoms with Crippen molar-refractivity contribution in [3.05, 3.63) is 28.8 Å². The van der Waals surface area contributed by atoms with E-state index in [1.54, 1.807) is 18.2 Å². The second-order valence-electron chi connectivity index (χ2n) is 5.44. The Hall–Kier alpha value is -0.330. The molecule has 3 N–H and O–H groups in total. The van der Waals surface area contributed by atoms with E-state index in [9.17, 15) is 8.42 Å². The Morgan fingerprint density at radius 1 is 1.38 bits per heavy atom. The maximum atomic E-state index is 12.5. The van der Waals surface area contributed by atoms with E-state index >= 15 is 0 Å². The summed E-state index contributed by atoms with van der Waals surface area (Å²) < 4.78 is 27.7. The highest BCUT2D eigenvalue weighted by atomic mass is 35.5. The summed E-state index contributed by atoms with van der Waals surface area (Å²) in [5.74, 6) is 0.332. The molecule has 7 heteroatoms. The molecule has 0 amide bonds. The summed E-state index contributed by atoms with van der Waals surface area (Å²) in [5, 5.41) is 0.241. The lowest BCUT2D eigenvalue weighted by molar-refractivity contribution is 0.405. The van der Waals surface area contributed by atoms with Crippen LogP contribution in [0.4, 0.5) is 0 Å². The highest BCUT2D eigenvalue weighted by Crippen LogP contribution is 2.29. The van der Waals surface area contributed by atoms with Gasteiger partial charge in [-0.2, -0.15) is 0 Å². The number of hydrogen-bond donors (Lipinski definition) is 2. The van der Waals surface area contributed by atoms with Gasteiger partial charge in [-0.15, -0.1) is 12.4 Å². The Bertz CT molecular complexity index is 572. The van der Waals surface area contributed by atoms with Gasteiger partial charge in [0.2, 0.25) is 10.0 Å². The van der Waals surface area contributed by atoms with Crippen molar-refractivity contribution in [1.29, 1.82) is 0 Å². The van der Waals surface area contributed by atoms with Crippen LogP contribution in [0.1, 0.15) is 31.2 Å². The lowest BCUT2D eigenvalue weighted by atomic mass is 9.99. The maximum absolute atomic E-state index is 12.5. The molecule has 1 saturated carbocycles. The fraction of sp³-hybridized carbons (Fsp3) is 0.571. The van der Waals surface area contributed by atoms with Crippen molar-refractivity contribution < 1.29 is 8.42 Å². The van der Waals surface area contributed by atoms with Crippen molar-refractivity contribution >= 4 is 34.0 Å². The number of nitrogens with one attached hydrogen (secondary N) is 1. The van der Waals surface area contributed by atoms with E-state index in [1.165, 1.54) is 0 Å². The lowest BCUT2D eigenvalue weighted by Gasteiger charge is -2.23. The van der Waals surface area contributed by atoms with Crippen LogP contribution < -0.4 is 10.5 Å². The van der Waals surface area contributed by atoms with Gasteiger partial charge in [-0.1, -0.05) is 30.5 Å². The summed E-state index contributed by atoms with van der Waals surface area (Å²) >= 11 is 6.02. The first-order chi connectivity index (χ1) is 9.44. The summed E-state index contributed by atoms with van der Waals surface area (Å²) in [4.78, 5) is 0.135. The van der Waals surface area contributed by atoms with Gasteiger partial charge in [-0.25, -0.2) is 13.1 Å². The van der Waals surface area contributed by atoms with E-state index in [4.69, 9.17) is 17.3 Å². The molecular formula is C14H22Cl2N2O2S. The van der Waals surface area contributed by atoms with Gasteiger partial charge in [0.05, 0.1) is 5.02 Å². The first kappa shape index (κ1) is 18.7. The molecule has 21 heavy (non-hydrogen) atoms. The van der Waals surface area contributed by atoms with Crippen molar-refractivity contribution in [3.8, 4) is 0 Å². The van der Waals surface area contributed by atoms with Crippen molar-refractivity contribution in [1.82, 2.24) is 4.72 Å².